The van der Waals surface area contributed by atoms with E-state index in [1.165, 1.54) is 4.90 Å². The number of ketones is 1. The van der Waals surface area contributed by atoms with E-state index >= 15 is 0 Å². The number of likely N-dealkylation sites (tertiary alicyclic amines) is 1. The van der Waals surface area contributed by atoms with E-state index < -0.39 is 17.7 Å². The van der Waals surface area contributed by atoms with Gasteiger partial charge in [-0.3, -0.25) is 9.59 Å². The molecular formula is C26H31NO5. The van der Waals surface area contributed by atoms with Crippen LogP contribution in [0.15, 0.2) is 54.1 Å². The molecule has 1 aliphatic rings. The zero-order valence-corrected chi connectivity index (χ0v) is 19.3. The number of benzene rings is 2. The van der Waals surface area contributed by atoms with Gasteiger partial charge in [0.1, 0.15) is 11.5 Å². The molecule has 0 spiro atoms. The first kappa shape index (κ1) is 23.5. The second-order valence-electron chi connectivity index (χ2n) is 8.46. The van der Waals surface area contributed by atoms with Crippen LogP contribution in [0.1, 0.15) is 50.4 Å². The second kappa shape index (κ2) is 10.0. The van der Waals surface area contributed by atoms with Crippen molar-refractivity contribution < 1.29 is 24.2 Å². The van der Waals surface area contributed by atoms with E-state index in [1.807, 2.05) is 58.9 Å². The lowest BCUT2D eigenvalue weighted by Gasteiger charge is -2.26. The van der Waals surface area contributed by atoms with Crippen LogP contribution in [-0.2, 0) is 14.3 Å². The number of ether oxygens (including phenoxy) is 2. The molecule has 6 heteroatoms. The molecule has 0 bridgehead atoms. The van der Waals surface area contributed by atoms with Crippen LogP contribution >= 0.6 is 0 Å². The van der Waals surface area contributed by atoms with Crippen LogP contribution in [0.2, 0.25) is 0 Å². The molecule has 6 nitrogen and oxygen atoms in total. The van der Waals surface area contributed by atoms with Gasteiger partial charge in [0.2, 0.25) is 0 Å². The Balaban J connectivity index is 2.10. The largest absolute Gasteiger partial charge is 0.507 e. The van der Waals surface area contributed by atoms with E-state index in [-0.39, 0.29) is 30.1 Å². The van der Waals surface area contributed by atoms with Crippen LogP contribution in [0, 0.1) is 6.92 Å². The van der Waals surface area contributed by atoms with Gasteiger partial charge in [0, 0.05) is 12.1 Å². The summed E-state index contributed by atoms with van der Waals surface area (Å²) in [7, 11) is 0. The third-order valence-corrected chi connectivity index (χ3v) is 5.29. The number of carbonyl (C=O) groups excluding carboxylic acids is 2. The summed E-state index contributed by atoms with van der Waals surface area (Å²) in [5.74, 6) is -0.966. The molecule has 1 unspecified atom stereocenters. The molecule has 1 atom stereocenters. The average Bonchev–Trinajstić information content (AvgIpc) is 2.98. The fraction of sp³-hybridized carbons (Fsp3) is 0.385. The van der Waals surface area contributed by atoms with Gasteiger partial charge < -0.3 is 19.5 Å². The average molecular weight is 438 g/mol. The summed E-state index contributed by atoms with van der Waals surface area (Å²) in [5, 5.41) is 11.2. The number of aliphatic hydroxyl groups is 1. The van der Waals surface area contributed by atoms with Crippen LogP contribution in [0.3, 0.4) is 0 Å². The molecule has 2 aromatic carbocycles. The van der Waals surface area contributed by atoms with Gasteiger partial charge in [-0.1, -0.05) is 36.4 Å². The zero-order chi connectivity index (χ0) is 23.4. The number of aryl methyl sites for hydroxylation is 1. The Hall–Kier alpha value is -3.12. The maximum absolute atomic E-state index is 13.1. The quantitative estimate of drug-likeness (QED) is 0.370. The van der Waals surface area contributed by atoms with Crippen LogP contribution in [0.25, 0.3) is 5.76 Å². The van der Waals surface area contributed by atoms with Crippen LogP contribution in [0.4, 0.5) is 0 Å². The van der Waals surface area contributed by atoms with Gasteiger partial charge in [-0.05, 0) is 57.9 Å². The van der Waals surface area contributed by atoms with Crippen molar-refractivity contribution in [2.75, 3.05) is 13.2 Å². The molecule has 1 amide bonds. The minimum Gasteiger partial charge on any atom is -0.507 e. The van der Waals surface area contributed by atoms with Gasteiger partial charge in [-0.25, -0.2) is 0 Å². The number of aliphatic hydroxyl groups excluding tert-OH is 1. The highest BCUT2D eigenvalue weighted by Gasteiger charge is 2.46. The lowest BCUT2D eigenvalue weighted by molar-refractivity contribution is -0.140. The van der Waals surface area contributed by atoms with Crippen molar-refractivity contribution in [3.05, 3.63) is 70.8 Å². The normalized spacial score (nSPS) is 18.1. The number of carbonyl (C=O) groups is 2. The van der Waals surface area contributed by atoms with Crippen molar-refractivity contribution in [2.24, 2.45) is 0 Å². The smallest absolute Gasteiger partial charge is 0.295 e. The highest BCUT2D eigenvalue weighted by atomic mass is 16.5. The lowest BCUT2D eigenvalue weighted by Crippen LogP contribution is -2.33. The van der Waals surface area contributed by atoms with Crippen molar-refractivity contribution in [1.82, 2.24) is 4.90 Å². The number of amides is 1. The Labute approximate surface area is 189 Å². The maximum Gasteiger partial charge on any atom is 0.295 e. The Morgan fingerprint density at radius 1 is 1.03 bits per heavy atom. The third kappa shape index (κ3) is 5.02. The number of hydrogen-bond acceptors (Lipinski definition) is 5. The van der Waals surface area contributed by atoms with Crippen molar-refractivity contribution >= 4 is 17.4 Å². The number of rotatable bonds is 8. The molecule has 0 aliphatic carbocycles. The summed E-state index contributed by atoms with van der Waals surface area (Å²) in [6, 6.07) is 13.8. The van der Waals surface area contributed by atoms with Gasteiger partial charge in [-0.2, -0.15) is 0 Å². The molecule has 1 saturated heterocycles. The van der Waals surface area contributed by atoms with Gasteiger partial charge in [0.15, 0.2) is 0 Å². The zero-order valence-electron chi connectivity index (χ0n) is 19.3. The van der Waals surface area contributed by atoms with Crippen LogP contribution in [0.5, 0.6) is 5.75 Å². The van der Waals surface area contributed by atoms with Crippen molar-refractivity contribution in [3.8, 4) is 5.75 Å². The SMILES string of the molecule is Cc1ccccc1C1/C(=C(\O)c2cccc(OC(C)C)c2)C(=O)C(=O)N1CCOC(C)C. The first-order valence-electron chi connectivity index (χ1n) is 10.9. The van der Waals surface area contributed by atoms with Crippen LogP contribution in [-0.4, -0.2) is 47.1 Å². The molecule has 0 aromatic heterocycles. The molecule has 0 saturated carbocycles. The highest BCUT2D eigenvalue weighted by Crippen LogP contribution is 2.40. The molecule has 2 aromatic rings. The fourth-order valence-corrected chi connectivity index (χ4v) is 3.86. The van der Waals surface area contributed by atoms with Crippen molar-refractivity contribution in [2.45, 2.75) is 52.9 Å². The van der Waals surface area contributed by atoms with Crippen molar-refractivity contribution in [3.63, 3.8) is 0 Å². The second-order valence-corrected chi connectivity index (χ2v) is 8.46. The minimum atomic E-state index is -0.699. The van der Waals surface area contributed by atoms with E-state index in [2.05, 4.69) is 0 Å². The van der Waals surface area contributed by atoms with E-state index in [1.54, 1.807) is 24.3 Å². The summed E-state index contributed by atoms with van der Waals surface area (Å²) >= 11 is 0. The Kier molecular flexibility index (Phi) is 7.36. The summed E-state index contributed by atoms with van der Waals surface area (Å²) in [6.45, 7) is 10.1. The topological polar surface area (TPSA) is 76.1 Å². The van der Waals surface area contributed by atoms with Gasteiger partial charge in [0.25, 0.3) is 11.7 Å². The predicted octanol–water partition coefficient (Wildman–Crippen LogP) is 4.63. The number of Topliss-reactive ketones (excluding diaryl/α,β-unsaturated/α-hetero) is 1. The molecule has 1 fully saturated rings. The first-order valence-corrected chi connectivity index (χ1v) is 10.9. The van der Waals surface area contributed by atoms with Crippen molar-refractivity contribution in [1.29, 1.82) is 0 Å². The van der Waals surface area contributed by atoms with E-state index in [0.717, 1.165) is 11.1 Å². The molecule has 1 heterocycles. The maximum atomic E-state index is 13.1. The molecule has 32 heavy (non-hydrogen) atoms. The summed E-state index contributed by atoms with van der Waals surface area (Å²) in [4.78, 5) is 27.6. The minimum absolute atomic E-state index is 0.00688. The number of hydrogen-bond donors (Lipinski definition) is 1. The molecule has 1 N–H and O–H groups in total. The fourth-order valence-electron chi connectivity index (χ4n) is 3.86. The molecule has 3 rings (SSSR count). The highest BCUT2D eigenvalue weighted by molar-refractivity contribution is 6.46. The molecule has 0 radical (unpaired) electrons. The first-order chi connectivity index (χ1) is 15.2. The summed E-state index contributed by atoms with van der Waals surface area (Å²) < 4.78 is 11.4. The predicted molar refractivity (Wildman–Crippen MR) is 123 cm³/mol. The Bertz CT molecular complexity index is 1020. The van der Waals surface area contributed by atoms with E-state index in [9.17, 15) is 14.7 Å². The summed E-state index contributed by atoms with van der Waals surface area (Å²) in [5.41, 5.74) is 2.23. The van der Waals surface area contributed by atoms with Gasteiger partial charge in [-0.15, -0.1) is 0 Å². The number of nitrogens with zero attached hydrogens (tertiary/aromatic N) is 1. The van der Waals surface area contributed by atoms with E-state index in [4.69, 9.17) is 9.47 Å². The van der Waals surface area contributed by atoms with Gasteiger partial charge >= 0.3 is 0 Å². The molecule has 1 aliphatic heterocycles. The van der Waals surface area contributed by atoms with Crippen LogP contribution < -0.4 is 4.74 Å². The van der Waals surface area contributed by atoms with E-state index in [0.29, 0.717) is 17.9 Å². The summed E-state index contributed by atoms with van der Waals surface area (Å²) in [6.07, 6.45) is -0.0293. The Morgan fingerprint density at radius 3 is 2.41 bits per heavy atom. The van der Waals surface area contributed by atoms with Gasteiger partial charge in [0.05, 0.1) is 30.4 Å². The standard InChI is InChI=1S/C26H31NO5/c1-16(2)31-14-13-27-23(21-12-7-6-9-18(21)5)22(25(29)26(27)30)24(28)19-10-8-11-20(15-19)32-17(3)4/h6-12,15-17,23,28H,13-14H2,1-5H3/b24-22+. The Morgan fingerprint density at radius 2 is 1.75 bits per heavy atom. The third-order valence-electron chi connectivity index (χ3n) is 5.29. The monoisotopic (exact) mass is 437 g/mol. The molecular weight excluding hydrogens is 406 g/mol. The molecule has 170 valence electrons. The lowest BCUT2D eigenvalue weighted by atomic mass is 9.92.